The lowest BCUT2D eigenvalue weighted by Crippen LogP contribution is -2.30. The highest BCUT2D eigenvalue weighted by Crippen LogP contribution is 2.41. The largest absolute Gasteiger partial charge is 0.454 e. The van der Waals surface area contributed by atoms with E-state index in [1.165, 1.54) is 40.9 Å². The van der Waals surface area contributed by atoms with E-state index in [0.29, 0.717) is 22.0 Å². The van der Waals surface area contributed by atoms with E-state index in [-0.39, 0.29) is 24.8 Å². The van der Waals surface area contributed by atoms with Crippen LogP contribution in [0.5, 0.6) is 11.5 Å². The fourth-order valence-electron chi connectivity index (χ4n) is 3.49. The summed E-state index contributed by atoms with van der Waals surface area (Å²) in [5, 5.41) is 0. The van der Waals surface area contributed by atoms with Gasteiger partial charge in [0.1, 0.15) is 5.82 Å². The monoisotopic (exact) mass is 433 g/mol. The van der Waals surface area contributed by atoms with Gasteiger partial charge in [0.05, 0.1) is 17.0 Å². The first-order valence-corrected chi connectivity index (χ1v) is 10.4. The number of carbonyl (C=O) groups excluding carboxylic acids is 2. The van der Waals surface area contributed by atoms with Gasteiger partial charge in [-0.1, -0.05) is 48.2 Å². The summed E-state index contributed by atoms with van der Waals surface area (Å²) >= 11 is 1.23. The molecular weight excluding hydrogens is 417 g/mol. The molecule has 0 aliphatic carbocycles. The first-order valence-electron chi connectivity index (χ1n) is 9.58. The van der Waals surface area contributed by atoms with E-state index >= 15 is 0 Å². The van der Waals surface area contributed by atoms with Gasteiger partial charge in [0.25, 0.3) is 11.8 Å². The van der Waals surface area contributed by atoms with Crippen LogP contribution in [0.15, 0.2) is 82.6 Å². The van der Waals surface area contributed by atoms with Crippen molar-refractivity contribution in [2.75, 3.05) is 6.79 Å². The van der Waals surface area contributed by atoms with Gasteiger partial charge in [-0.25, -0.2) is 4.39 Å². The molecule has 0 atom stereocenters. The van der Waals surface area contributed by atoms with Gasteiger partial charge in [-0.2, -0.15) is 0 Å². The van der Waals surface area contributed by atoms with Crippen LogP contribution in [0.3, 0.4) is 0 Å². The quantitative estimate of drug-likeness (QED) is 0.550. The Labute approximate surface area is 182 Å². The maximum atomic E-state index is 13.5. The molecule has 0 fully saturated rings. The van der Waals surface area contributed by atoms with Gasteiger partial charge in [-0.3, -0.25) is 14.5 Å². The Bertz CT molecular complexity index is 1210. The van der Waals surface area contributed by atoms with Gasteiger partial charge in [-0.05, 0) is 47.5 Å². The molecule has 3 aromatic carbocycles. The van der Waals surface area contributed by atoms with Crippen LogP contribution in [0.1, 0.15) is 11.1 Å². The highest BCUT2D eigenvalue weighted by Gasteiger charge is 2.39. The summed E-state index contributed by atoms with van der Waals surface area (Å²) in [5.41, 5.74) is 1.53. The Morgan fingerprint density at radius 3 is 2.39 bits per heavy atom. The van der Waals surface area contributed by atoms with E-state index < -0.39 is 11.7 Å². The minimum Gasteiger partial charge on any atom is -0.454 e. The number of halogens is 1. The number of hydrogen-bond donors (Lipinski definition) is 0. The van der Waals surface area contributed by atoms with Crippen molar-refractivity contribution in [3.05, 3.63) is 94.6 Å². The lowest BCUT2D eigenvalue weighted by molar-refractivity contribution is -0.137. The number of carbonyl (C=O) groups is 2. The van der Waals surface area contributed by atoms with Crippen molar-refractivity contribution in [1.82, 2.24) is 4.90 Å². The van der Waals surface area contributed by atoms with E-state index in [9.17, 15) is 14.0 Å². The Kier molecular flexibility index (Phi) is 4.95. The van der Waals surface area contributed by atoms with Crippen molar-refractivity contribution in [3.8, 4) is 11.5 Å². The van der Waals surface area contributed by atoms with E-state index in [0.717, 1.165) is 10.5 Å². The summed E-state index contributed by atoms with van der Waals surface area (Å²) in [5.74, 6) is 0.0228. The van der Waals surface area contributed by atoms with Crippen molar-refractivity contribution in [2.45, 2.75) is 11.4 Å². The Balaban J connectivity index is 1.50. The SMILES string of the molecule is O=C1C(Sc2ccccc2)=C(c2ccc(F)cc2)C(=O)N1Cc1ccc2c(c1)OCO2. The van der Waals surface area contributed by atoms with Gasteiger partial charge in [-0.15, -0.1) is 0 Å². The number of fused-ring (bicyclic) bond motifs is 1. The first-order chi connectivity index (χ1) is 15.1. The van der Waals surface area contributed by atoms with Crippen LogP contribution in [-0.2, 0) is 16.1 Å². The molecule has 3 aromatic rings. The average molecular weight is 433 g/mol. The number of thioether (sulfide) groups is 1. The minimum atomic E-state index is -0.410. The molecule has 0 radical (unpaired) electrons. The van der Waals surface area contributed by atoms with E-state index in [1.54, 1.807) is 18.2 Å². The number of amides is 2. The number of hydrogen-bond acceptors (Lipinski definition) is 5. The number of benzene rings is 3. The number of imide groups is 1. The molecule has 2 aliphatic rings. The molecule has 5 rings (SSSR count). The van der Waals surface area contributed by atoms with Gasteiger partial charge in [0, 0.05) is 4.90 Å². The number of nitrogens with zero attached hydrogens (tertiary/aromatic N) is 1. The van der Waals surface area contributed by atoms with Crippen LogP contribution < -0.4 is 9.47 Å². The first kappa shape index (κ1) is 19.4. The van der Waals surface area contributed by atoms with Crippen LogP contribution in [0.2, 0.25) is 0 Å². The summed E-state index contributed by atoms with van der Waals surface area (Å²) in [6, 6.07) is 20.3. The van der Waals surface area contributed by atoms with Crippen molar-refractivity contribution in [1.29, 1.82) is 0 Å². The summed E-state index contributed by atoms with van der Waals surface area (Å²) in [4.78, 5) is 29.0. The molecule has 2 heterocycles. The number of rotatable bonds is 5. The van der Waals surface area contributed by atoms with Crippen LogP contribution in [0, 0.1) is 5.82 Å². The van der Waals surface area contributed by atoms with Crippen LogP contribution >= 0.6 is 11.8 Å². The molecule has 0 saturated carbocycles. The van der Waals surface area contributed by atoms with E-state index in [1.807, 2.05) is 30.3 Å². The zero-order valence-corrected chi connectivity index (χ0v) is 17.0. The second-order valence-electron chi connectivity index (χ2n) is 7.01. The minimum absolute atomic E-state index is 0.0951. The molecule has 2 amide bonds. The molecule has 7 heteroatoms. The summed E-state index contributed by atoms with van der Waals surface area (Å²) in [6.07, 6.45) is 0. The predicted molar refractivity (Wildman–Crippen MR) is 114 cm³/mol. The molecule has 0 unspecified atom stereocenters. The van der Waals surface area contributed by atoms with Crippen molar-refractivity contribution < 1.29 is 23.5 Å². The molecule has 31 heavy (non-hydrogen) atoms. The van der Waals surface area contributed by atoms with Crippen molar-refractivity contribution in [2.24, 2.45) is 0 Å². The molecule has 154 valence electrons. The molecular formula is C24H16FNO4S. The lowest BCUT2D eigenvalue weighted by Gasteiger charge is -2.15. The fourth-order valence-corrected chi connectivity index (χ4v) is 4.53. The summed E-state index contributed by atoms with van der Waals surface area (Å²) in [6.45, 7) is 0.242. The highest BCUT2D eigenvalue weighted by atomic mass is 32.2. The van der Waals surface area contributed by atoms with E-state index in [4.69, 9.17) is 9.47 Å². The topological polar surface area (TPSA) is 55.8 Å². The molecule has 5 nitrogen and oxygen atoms in total. The third-order valence-corrected chi connectivity index (χ3v) is 6.09. The summed E-state index contributed by atoms with van der Waals surface area (Å²) in [7, 11) is 0. The molecule has 0 aromatic heterocycles. The van der Waals surface area contributed by atoms with Crippen molar-refractivity contribution in [3.63, 3.8) is 0 Å². The zero-order chi connectivity index (χ0) is 21.4. The van der Waals surface area contributed by atoms with Crippen LogP contribution in [0.25, 0.3) is 5.57 Å². The van der Waals surface area contributed by atoms with Gasteiger partial charge < -0.3 is 9.47 Å². The normalized spacial score (nSPS) is 15.2. The standard InChI is InChI=1S/C24H16FNO4S/c25-17-9-7-16(8-10-17)21-22(31-18-4-2-1-3-5-18)24(28)26(23(21)27)13-15-6-11-19-20(12-15)30-14-29-19/h1-12H,13-14H2. The number of ether oxygens (including phenoxy) is 2. The zero-order valence-electron chi connectivity index (χ0n) is 16.2. The molecule has 2 aliphatic heterocycles. The van der Waals surface area contributed by atoms with Gasteiger partial charge >= 0.3 is 0 Å². The van der Waals surface area contributed by atoms with Crippen LogP contribution in [0.4, 0.5) is 4.39 Å². The van der Waals surface area contributed by atoms with Crippen LogP contribution in [-0.4, -0.2) is 23.5 Å². The average Bonchev–Trinajstić information content (AvgIpc) is 3.34. The smallest absolute Gasteiger partial charge is 0.268 e. The molecule has 0 bridgehead atoms. The maximum absolute atomic E-state index is 13.5. The Hall–Kier alpha value is -3.58. The van der Waals surface area contributed by atoms with Gasteiger partial charge in [0.15, 0.2) is 11.5 Å². The van der Waals surface area contributed by atoms with E-state index in [2.05, 4.69) is 0 Å². The van der Waals surface area contributed by atoms with Gasteiger partial charge in [0.2, 0.25) is 6.79 Å². The third-order valence-electron chi connectivity index (χ3n) is 5.00. The fraction of sp³-hybridized carbons (Fsp3) is 0.0833. The highest BCUT2D eigenvalue weighted by molar-refractivity contribution is 8.04. The maximum Gasteiger partial charge on any atom is 0.268 e. The lowest BCUT2D eigenvalue weighted by atomic mass is 10.1. The second-order valence-corrected chi connectivity index (χ2v) is 8.09. The molecule has 0 spiro atoms. The van der Waals surface area contributed by atoms with Crippen molar-refractivity contribution >= 4 is 29.1 Å². The summed E-state index contributed by atoms with van der Waals surface area (Å²) < 4.78 is 24.2. The third kappa shape index (κ3) is 3.68. The Morgan fingerprint density at radius 2 is 1.61 bits per heavy atom. The predicted octanol–water partition coefficient (Wildman–Crippen LogP) is 4.63. The molecule has 0 N–H and O–H groups in total. The Morgan fingerprint density at radius 1 is 0.871 bits per heavy atom. The second kappa shape index (κ2) is 7.92. The molecule has 0 saturated heterocycles.